The van der Waals surface area contributed by atoms with Crippen molar-refractivity contribution in [2.75, 3.05) is 19.6 Å². The predicted molar refractivity (Wildman–Crippen MR) is 122 cm³/mol. The lowest BCUT2D eigenvalue weighted by Crippen LogP contribution is -2.51. The molecule has 1 aliphatic carbocycles. The summed E-state index contributed by atoms with van der Waals surface area (Å²) in [7, 11) is 0. The van der Waals surface area contributed by atoms with Crippen LogP contribution in [-0.2, 0) is 6.42 Å². The molecular formula is C24H25FN6O2. The summed E-state index contributed by atoms with van der Waals surface area (Å²) in [6.07, 6.45) is 2.40. The molecule has 0 spiro atoms. The number of hydrogen-bond donors (Lipinski definition) is 3. The lowest BCUT2D eigenvalue weighted by molar-refractivity contribution is 0.0692. The molecule has 1 saturated heterocycles. The molecule has 9 heteroatoms. The summed E-state index contributed by atoms with van der Waals surface area (Å²) in [5, 5.41) is 9.55. The Bertz CT molecular complexity index is 1330. The highest BCUT2D eigenvalue weighted by atomic mass is 19.1. The van der Waals surface area contributed by atoms with Crippen molar-refractivity contribution in [2.45, 2.75) is 19.3 Å². The second-order valence-corrected chi connectivity index (χ2v) is 8.63. The number of hydrogen-bond acceptors (Lipinski definition) is 6. The van der Waals surface area contributed by atoms with Gasteiger partial charge in [0.2, 0.25) is 0 Å². The van der Waals surface area contributed by atoms with Crippen LogP contribution in [0, 0.1) is 11.7 Å². The number of nitrogens with one attached hydrogen (secondary N) is 1. The van der Waals surface area contributed by atoms with Crippen LogP contribution in [0.3, 0.4) is 0 Å². The van der Waals surface area contributed by atoms with E-state index in [9.17, 15) is 14.0 Å². The maximum Gasteiger partial charge on any atom is 0.272 e. The van der Waals surface area contributed by atoms with Crippen LogP contribution in [0.4, 0.5) is 4.39 Å². The summed E-state index contributed by atoms with van der Waals surface area (Å²) in [5.41, 5.74) is 8.81. The molecule has 1 aromatic heterocycles. The number of fused-ring (bicyclic) bond motifs is 1. The lowest BCUT2D eigenvalue weighted by atomic mass is 10.0. The van der Waals surface area contributed by atoms with Crippen molar-refractivity contribution in [1.29, 1.82) is 0 Å². The fourth-order valence-corrected chi connectivity index (χ4v) is 4.29. The number of aromatic amines is 1. The minimum Gasteiger partial charge on any atom is -0.400 e. The third-order valence-electron chi connectivity index (χ3n) is 6.34. The van der Waals surface area contributed by atoms with E-state index in [2.05, 4.69) is 10.2 Å². The average molecular weight is 449 g/mol. The van der Waals surface area contributed by atoms with Crippen LogP contribution in [0.5, 0.6) is 0 Å². The van der Waals surface area contributed by atoms with Gasteiger partial charge in [-0.3, -0.25) is 9.59 Å². The number of carbonyl (C=O) groups excluding carboxylic acids is 1. The van der Waals surface area contributed by atoms with Gasteiger partial charge < -0.3 is 15.6 Å². The lowest BCUT2D eigenvalue weighted by Gasteiger charge is -2.36. The number of piperazine rings is 1. The van der Waals surface area contributed by atoms with Crippen LogP contribution in [0.15, 0.2) is 58.7 Å². The molecule has 0 bridgehead atoms. The van der Waals surface area contributed by atoms with Crippen LogP contribution < -0.4 is 17.1 Å². The number of nitrogens with zero attached hydrogens (tertiary/aromatic N) is 3. The number of rotatable bonds is 4. The van der Waals surface area contributed by atoms with Crippen molar-refractivity contribution in [1.82, 2.24) is 20.1 Å². The number of carbonyl (C=O) groups is 1. The summed E-state index contributed by atoms with van der Waals surface area (Å²) in [6, 6.07) is 11.7. The minimum atomic E-state index is -0.584. The standard InChI is InChI=1S/C24H25FN6O2/c25-19-8-5-14(12-20-16-3-1-2-4-17(16)23(32)29-28-20)11-18(19)24(33)30-9-10-31(27)21(13-30)22(26)15-6-7-15/h1-5,8,11,15H,6-7,9-10,12-13,26-27H2,(H,29,32)/b22-21-. The maximum atomic E-state index is 14.7. The Hall–Kier alpha value is -3.72. The molecule has 0 radical (unpaired) electrons. The van der Waals surface area contributed by atoms with Gasteiger partial charge in [0.15, 0.2) is 0 Å². The number of allylic oxidation sites excluding steroid dienone is 1. The zero-order valence-corrected chi connectivity index (χ0v) is 18.1. The number of nitrogens with two attached hydrogens (primary N) is 2. The summed E-state index contributed by atoms with van der Waals surface area (Å²) in [5.74, 6) is 5.43. The first-order valence-electron chi connectivity index (χ1n) is 11.0. The smallest absolute Gasteiger partial charge is 0.272 e. The van der Waals surface area contributed by atoms with E-state index < -0.39 is 11.7 Å². The second kappa shape index (κ2) is 8.32. The van der Waals surface area contributed by atoms with E-state index in [0.29, 0.717) is 36.5 Å². The SMILES string of the molecule is N/C(=C1/CN(C(=O)c2cc(Cc3n[nH]c(=O)c4ccccc34)ccc2F)CCN1N)C1CC1. The molecule has 170 valence electrons. The van der Waals surface area contributed by atoms with E-state index in [-0.39, 0.29) is 17.7 Å². The van der Waals surface area contributed by atoms with E-state index in [1.165, 1.54) is 6.07 Å². The van der Waals surface area contributed by atoms with Gasteiger partial charge in [-0.05, 0) is 36.6 Å². The van der Waals surface area contributed by atoms with E-state index in [0.717, 1.165) is 35.2 Å². The molecule has 2 fully saturated rings. The topological polar surface area (TPSA) is 121 Å². The predicted octanol–water partition coefficient (Wildman–Crippen LogP) is 1.86. The highest BCUT2D eigenvalue weighted by Gasteiger charge is 2.32. The van der Waals surface area contributed by atoms with Gasteiger partial charge in [0.25, 0.3) is 11.5 Å². The Labute approximate surface area is 189 Å². The Kier molecular flexibility index (Phi) is 5.33. The summed E-state index contributed by atoms with van der Waals surface area (Å²) in [6.45, 7) is 1.07. The van der Waals surface area contributed by atoms with E-state index >= 15 is 0 Å². The van der Waals surface area contributed by atoms with Crippen LogP contribution in [0.25, 0.3) is 10.8 Å². The Morgan fingerprint density at radius 3 is 2.67 bits per heavy atom. The van der Waals surface area contributed by atoms with Gasteiger partial charge in [-0.1, -0.05) is 24.3 Å². The molecule has 2 aliphatic rings. The largest absolute Gasteiger partial charge is 0.400 e. The third kappa shape index (κ3) is 4.07. The molecule has 0 unspecified atom stereocenters. The molecular weight excluding hydrogens is 423 g/mol. The number of H-pyrrole nitrogens is 1. The molecule has 5 rings (SSSR count). The second-order valence-electron chi connectivity index (χ2n) is 8.63. The first-order valence-corrected chi connectivity index (χ1v) is 11.0. The van der Waals surface area contributed by atoms with Crippen molar-refractivity contribution >= 4 is 16.7 Å². The molecule has 1 amide bonds. The van der Waals surface area contributed by atoms with Crippen LogP contribution in [-0.4, -0.2) is 45.6 Å². The normalized spacial score (nSPS) is 18.0. The molecule has 8 nitrogen and oxygen atoms in total. The quantitative estimate of drug-likeness (QED) is 0.524. The monoisotopic (exact) mass is 448 g/mol. The average Bonchev–Trinajstić information content (AvgIpc) is 3.67. The Morgan fingerprint density at radius 2 is 1.91 bits per heavy atom. The fraction of sp³-hybridized carbons (Fsp3) is 0.292. The molecule has 2 heterocycles. The minimum absolute atomic E-state index is 0.00366. The van der Waals surface area contributed by atoms with Crippen LogP contribution >= 0.6 is 0 Å². The van der Waals surface area contributed by atoms with E-state index in [1.807, 2.05) is 12.1 Å². The number of benzene rings is 2. The molecule has 1 aliphatic heterocycles. The number of aromatic nitrogens is 2. The van der Waals surface area contributed by atoms with E-state index in [4.69, 9.17) is 11.6 Å². The highest BCUT2D eigenvalue weighted by molar-refractivity contribution is 5.95. The Morgan fingerprint density at radius 1 is 1.15 bits per heavy atom. The molecule has 5 N–H and O–H groups in total. The van der Waals surface area contributed by atoms with Gasteiger partial charge in [-0.2, -0.15) is 5.10 Å². The van der Waals surface area contributed by atoms with Gasteiger partial charge in [0.05, 0.1) is 35.4 Å². The zero-order valence-electron chi connectivity index (χ0n) is 18.1. The summed E-state index contributed by atoms with van der Waals surface area (Å²) < 4.78 is 14.7. The molecule has 0 atom stereocenters. The summed E-state index contributed by atoms with van der Waals surface area (Å²) >= 11 is 0. The molecule has 33 heavy (non-hydrogen) atoms. The Balaban J connectivity index is 1.42. The molecule has 2 aromatic carbocycles. The van der Waals surface area contributed by atoms with Gasteiger partial charge in [0, 0.05) is 30.0 Å². The van der Waals surface area contributed by atoms with E-state index in [1.54, 1.807) is 34.2 Å². The van der Waals surface area contributed by atoms with Crippen LogP contribution in [0.2, 0.25) is 0 Å². The van der Waals surface area contributed by atoms with Crippen molar-refractivity contribution in [3.8, 4) is 0 Å². The van der Waals surface area contributed by atoms with Crippen molar-refractivity contribution in [2.24, 2.45) is 17.5 Å². The van der Waals surface area contributed by atoms with Gasteiger partial charge in [-0.25, -0.2) is 15.3 Å². The molecule has 1 saturated carbocycles. The van der Waals surface area contributed by atoms with Crippen molar-refractivity contribution < 1.29 is 9.18 Å². The number of amides is 1. The van der Waals surface area contributed by atoms with Crippen molar-refractivity contribution in [3.05, 3.63) is 86.9 Å². The molecule has 3 aromatic rings. The number of halogens is 1. The van der Waals surface area contributed by atoms with Gasteiger partial charge >= 0.3 is 0 Å². The van der Waals surface area contributed by atoms with Crippen molar-refractivity contribution in [3.63, 3.8) is 0 Å². The zero-order chi connectivity index (χ0) is 23.1. The summed E-state index contributed by atoms with van der Waals surface area (Å²) in [4.78, 5) is 26.9. The van der Waals surface area contributed by atoms with Gasteiger partial charge in [0.1, 0.15) is 5.82 Å². The van der Waals surface area contributed by atoms with Crippen LogP contribution in [0.1, 0.15) is 34.5 Å². The van der Waals surface area contributed by atoms with Gasteiger partial charge in [-0.15, -0.1) is 0 Å². The fourth-order valence-electron chi connectivity index (χ4n) is 4.29. The third-order valence-corrected chi connectivity index (χ3v) is 6.34. The first kappa shape index (κ1) is 21.1. The first-order chi connectivity index (χ1) is 15.9. The maximum absolute atomic E-state index is 14.7. The highest BCUT2D eigenvalue weighted by Crippen LogP contribution is 2.36. The number of hydrazine groups is 1.